The first-order valence-electron chi connectivity index (χ1n) is 6.77. The summed E-state index contributed by atoms with van der Waals surface area (Å²) < 4.78 is 0. The average molecular weight is 258 g/mol. The molecule has 3 rings (SSSR count). The van der Waals surface area contributed by atoms with E-state index in [0.29, 0.717) is 12.8 Å². The molecule has 1 aliphatic heterocycles. The summed E-state index contributed by atoms with van der Waals surface area (Å²) in [5, 5.41) is 14.1. The van der Waals surface area contributed by atoms with Crippen molar-refractivity contribution in [3.8, 4) is 0 Å². The fraction of sp³-hybridized carbons (Fsp3) is 0.467. The molecule has 3 atom stereocenters. The molecule has 0 bridgehead atoms. The van der Waals surface area contributed by atoms with E-state index in [4.69, 9.17) is 0 Å². The molecule has 1 aromatic rings. The molecule has 4 nitrogen and oxygen atoms in total. The molecule has 100 valence electrons. The van der Waals surface area contributed by atoms with Crippen molar-refractivity contribution in [1.29, 1.82) is 0 Å². The Bertz CT molecular complexity index is 521. The third-order valence-electron chi connectivity index (χ3n) is 4.14. The minimum atomic E-state index is -0.317. The lowest BCUT2D eigenvalue weighted by molar-refractivity contribution is -0.128. The molecule has 0 saturated heterocycles. The summed E-state index contributed by atoms with van der Waals surface area (Å²) in [5.41, 5.74) is 5.77. The first kappa shape index (κ1) is 12.4. The van der Waals surface area contributed by atoms with Crippen molar-refractivity contribution in [3.63, 3.8) is 0 Å². The molecule has 1 heterocycles. The van der Waals surface area contributed by atoms with E-state index in [1.807, 2.05) is 31.2 Å². The van der Waals surface area contributed by atoms with Gasteiger partial charge in [0.15, 0.2) is 0 Å². The second-order valence-electron chi connectivity index (χ2n) is 5.52. The van der Waals surface area contributed by atoms with Gasteiger partial charge in [0.1, 0.15) is 0 Å². The van der Waals surface area contributed by atoms with Crippen molar-refractivity contribution in [1.82, 2.24) is 5.43 Å². The molecule has 0 radical (unpaired) electrons. The molecule has 19 heavy (non-hydrogen) atoms. The lowest BCUT2D eigenvalue weighted by atomic mass is 9.73. The van der Waals surface area contributed by atoms with Crippen LogP contribution in [0.25, 0.3) is 0 Å². The molecular formula is C15H18N2O2. The van der Waals surface area contributed by atoms with Crippen LogP contribution in [-0.4, -0.2) is 22.8 Å². The second-order valence-corrected chi connectivity index (χ2v) is 5.52. The van der Waals surface area contributed by atoms with Gasteiger partial charge in [0, 0.05) is 11.8 Å². The monoisotopic (exact) mass is 258 g/mol. The van der Waals surface area contributed by atoms with E-state index in [1.165, 1.54) is 5.56 Å². The third-order valence-corrected chi connectivity index (χ3v) is 4.14. The molecule has 1 saturated carbocycles. The molecule has 1 amide bonds. The molecule has 0 aromatic heterocycles. The maximum atomic E-state index is 11.9. The highest BCUT2D eigenvalue weighted by atomic mass is 16.3. The Kier molecular flexibility index (Phi) is 3.11. The number of hydrazone groups is 1. The van der Waals surface area contributed by atoms with E-state index in [9.17, 15) is 9.90 Å². The summed E-state index contributed by atoms with van der Waals surface area (Å²) in [6.45, 7) is 2.04. The fourth-order valence-electron chi connectivity index (χ4n) is 3.05. The number of aryl methyl sites for hydroxylation is 1. The number of hydrogen-bond acceptors (Lipinski definition) is 3. The fourth-order valence-corrected chi connectivity index (χ4v) is 3.05. The lowest BCUT2D eigenvalue weighted by Gasteiger charge is -2.36. The zero-order valence-corrected chi connectivity index (χ0v) is 11.0. The van der Waals surface area contributed by atoms with Gasteiger partial charge in [-0.15, -0.1) is 0 Å². The first-order chi connectivity index (χ1) is 9.15. The maximum Gasteiger partial charge on any atom is 0.243 e. The summed E-state index contributed by atoms with van der Waals surface area (Å²) in [6.07, 6.45) is 1.76. The van der Waals surface area contributed by atoms with Crippen LogP contribution in [0.5, 0.6) is 0 Å². The van der Waals surface area contributed by atoms with E-state index in [1.54, 1.807) is 0 Å². The lowest BCUT2D eigenvalue weighted by Crippen LogP contribution is -2.46. The standard InChI is InChI=1S/C15H18N2O2/c1-9-2-4-10(5-3-9)14-13-8-11(18)6-7-12(13)15(19)17-16-14/h2-5,11-13,18H,6-8H2,1H3,(H,17,19)/t11-,12+,13-/m0/s1. The van der Waals surface area contributed by atoms with Crippen LogP contribution in [0.15, 0.2) is 29.4 Å². The number of aliphatic hydroxyl groups excluding tert-OH is 1. The number of aliphatic hydroxyl groups is 1. The Balaban J connectivity index is 1.95. The number of nitrogens with one attached hydrogen (secondary N) is 1. The van der Waals surface area contributed by atoms with Crippen molar-refractivity contribution in [2.45, 2.75) is 32.3 Å². The predicted octanol–water partition coefficient (Wildman–Crippen LogP) is 1.61. The minimum Gasteiger partial charge on any atom is -0.393 e. The van der Waals surface area contributed by atoms with Crippen LogP contribution in [0.3, 0.4) is 0 Å². The second kappa shape index (κ2) is 4.78. The van der Waals surface area contributed by atoms with E-state index in [2.05, 4.69) is 10.5 Å². The van der Waals surface area contributed by atoms with E-state index in [0.717, 1.165) is 17.7 Å². The van der Waals surface area contributed by atoms with Gasteiger partial charge in [0.05, 0.1) is 11.8 Å². The van der Waals surface area contributed by atoms with Gasteiger partial charge in [0.25, 0.3) is 0 Å². The Hall–Kier alpha value is -1.68. The molecule has 1 aromatic carbocycles. The Morgan fingerprint density at radius 2 is 1.95 bits per heavy atom. The molecule has 1 aliphatic carbocycles. The number of hydrogen-bond donors (Lipinski definition) is 2. The normalized spacial score (nSPS) is 30.3. The number of rotatable bonds is 1. The SMILES string of the molecule is Cc1ccc(C2=NNC(=O)[C@@H]3CC[C@H](O)C[C@H]23)cc1. The smallest absolute Gasteiger partial charge is 0.243 e. The van der Waals surface area contributed by atoms with E-state index < -0.39 is 0 Å². The highest BCUT2D eigenvalue weighted by molar-refractivity contribution is 6.06. The third kappa shape index (κ3) is 2.28. The van der Waals surface area contributed by atoms with Gasteiger partial charge in [-0.1, -0.05) is 29.8 Å². The van der Waals surface area contributed by atoms with Gasteiger partial charge in [-0.2, -0.15) is 5.10 Å². The van der Waals surface area contributed by atoms with Gasteiger partial charge in [0.2, 0.25) is 5.91 Å². The summed E-state index contributed by atoms with van der Waals surface area (Å²) in [5.74, 6) is -0.00910. The van der Waals surface area contributed by atoms with Crippen molar-refractivity contribution >= 4 is 11.6 Å². The van der Waals surface area contributed by atoms with Crippen LogP contribution in [0, 0.1) is 18.8 Å². The van der Waals surface area contributed by atoms with Crippen molar-refractivity contribution in [3.05, 3.63) is 35.4 Å². The molecule has 0 unspecified atom stereocenters. The van der Waals surface area contributed by atoms with Crippen LogP contribution in [0.4, 0.5) is 0 Å². The van der Waals surface area contributed by atoms with Crippen molar-refractivity contribution in [2.24, 2.45) is 16.9 Å². The first-order valence-corrected chi connectivity index (χ1v) is 6.77. The minimum absolute atomic E-state index is 0.00670. The predicted molar refractivity (Wildman–Crippen MR) is 72.7 cm³/mol. The van der Waals surface area contributed by atoms with Crippen LogP contribution >= 0.6 is 0 Å². The van der Waals surface area contributed by atoms with Gasteiger partial charge in [-0.3, -0.25) is 4.79 Å². The Labute approximate surface area is 112 Å². The van der Waals surface area contributed by atoms with Crippen LogP contribution < -0.4 is 5.43 Å². The topological polar surface area (TPSA) is 61.7 Å². The van der Waals surface area contributed by atoms with E-state index in [-0.39, 0.29) is 23.8 Å². The Morgan fingerprint density at radius 1 is 1.21 bits per heavy atom. The van der Waals surface area contributed by atoms with Gasteiger partial charge < -0.3 is 5.11 Å². The largest absolute Gasteiger partial charge is 0.393 e. The highest BCUT2D eigenvalue weighted by Gasteiger charge is 2.40. The number of fused-ring (bicyclic) bond motifs is 1. The number of benzene rings is 1. The van der Waals surface area contributed by atoms with Crippen molar-refractivity contribution in [2.75, 3.05) is 0 Å². The van der Waals surface area contributed by atoms with Gasteiger partial charge in [-0.05, 0) is 31.7 Å². The molecule has 1 fully saturated rings. The molecule has 2 aliphatic rings. The molecule has 0 spiro atoms. The van der Waals surface area contributed by atoms with Gasteiger partial charge >= 0.3 is 0 Å². The van der Waals surface area contributed by atoms with Crippen LogP contribution in [-0.2, 0) is 4.79 Å². The number of carbonyl (C=O) groups is 1. The van der Waals surface area contributed by atoms with Crippen LogP contribution in [0.2, 0.25) is 0 Å². The summed E-state index contributed by atoms with van der Waals surface area (Å²) in [4.78, 5) is 11.9. The summed E-state index contributed by atoms with van der Waals surface area (Å²) >= 11 is 0. The number of amides is 1. The van der Waals surface area contributed by atoms with E-state index >= 15 is 0 Å². The number of nitrogens with zero attached hydrogens (tertiary/aromatic N) is 1. The van der Waals surface area contributed by atoms with Gasteiger partial charge in [-0.25, -0.2) is 5.43 Å². The summed E-state index contributed by atoms with van der Waals surface area (Å²) in [7, 11) is 0. The summed E-state index contributed by atoms with van der Waals surface area (Å²) in [6, 6.07) is 8.15. The Morgan fingerprint density at radius 3 is 2.68 bits per heavy atom. The maximum absolute atomic E-state index is 11.9. The zero-order chi connectivity index (χ0) is 13.4. The van der Waals surface area contributed by atoms with Crippen LogP contribution in [0.1, 0.15) is 30.4 Å². The quantitative estimate of drug-likeness (QED) is 0.804. The molecular weight excluding hydrogens is 240 g/mol. The zero-order valence-electron chi connectivity index (χ0n) is 11.0. The molecule has 4 heteroatoms. The van der Waals surface area contributed by atoms with Crippen molar-refractivity contribution < 1.29 is 9.90 Å². The highest BCUT2D eigenvalue weighted by Crippen LogP contribution is 2.35. The average Bonchev–Trinajstić information content (AvgIpc) is 2.40. The molecule has 2 N–H and O–H groups in total. The number of carbonyl (C=O) groups excluding carboxylic acids is 1.